The molecule has 0 aliphatic carbocycles. The third-order valence-electron chi connectivity index (χ3n) is 6.23. The topological polar surface area (TPSA) is 140 Å². The zero-order valence-corrected chi connectivity index (χ0v) is 23.9. The second kappa shape index (κ2) is 14.4. The van der Waals surface area contributed by atoms with Crippen LogP contribution in [0, 0.1) is 5.92 Å². The number of anilines is 2. The van der Waals surface area contributed by atoms with E-state index in [4.69, 9.17) is 10.5 Å². The molecule has 3 aromatic carbocycles. The van der Waals surface area contributed by atoms with E-state index in [1.54, 1.807) is 48.5 Å². The smallest absolute Gasteiger partial charge is 0.252 e. The van der Waals surface area contributed by atoms with Gasteiger partial charge in [0.25, 0.3) is 5.91 Å². The number of carbonyl (C=O) groups excluding carboxylic acids is 2. The molecule has 2 amide bonds. The molecule has 5 N–H and O–H groups in total. The zero-order chi connectivity index (χ0) is 29.1. The number of methoxy groups -OCH3 is 1. The van der Waals surface area contributed by atoms with Gasteiger partial charge >= 0.3 is 0 Å². The molecule has 214 valence electrons. The predicted molar refractivity (Wildman–Crippen MR) is 159 cm³/mol. The summed E-state index contributed by atoms with van der Waals surface area (Å²) < 4.78 is 34.0. The number of hydrogen-bond acceptors (Lipinski definition) is 6. The van der Waals surface area contributed by atoms with Crippen molar-refractivity contribution >= 4 is 33.2 Å². The van der Waals surface area contributed by atoms with Crippen molar-refractivity contribution in [3.63, 3.8) is 0 Å². The minimum Gasteiger partial charge on any atom is -0.497 e. The fourth-order valence-electron chi connectivity index (χ4n) is 4.25. The van der Waals surface area contributed by atoms with Gasteiger partial charge in [-0.15, -0.1) is 0 Å². The van der Waals surface area contributed by atoms with Crippen LogP contribution in [0.1, 0.15) is 42.6 Å². The lowest BCUT2D eigenvalue weighted by atomic mass is 10.0. The molecule has 40 heavy (non-hydrogen) atoms. The second-order valence-corrected chi connectivity index (χ2v) is 11.9. The minimum absolute atomic E-state index is 0.0973. The molecule has 0 saturated carbocycles. The first-order valence-electron chi connectivity index (χ1n) is 13.2. The van der Waals surface area contributed by atoms with Crippen molar-refractivity contribution in [2.24, 2.45) is 5.92 Å². The SMILES string of the molecule is COc1ccc(NS(=O)(=O)C[C@H](CCc2ccccc2)NC(=O)[C@H](CC(C)C)NC(=O)c2cccc(N)c2)cc1. The van der Waals surface area contributed by atoms with Crippen molar-refractivity contribution in [3.8, 4) is 5.75 Å². The molecular formula is C30H38N4O5S. The summed E-state index contributed by atoms with van der Waals surface area (Å²) in [4.78, 5) is 26.4. The summed E-state index contributed by atoms with van der Waals surface area (Å²) in [6, 6.07) is 21.1. The number of nitrogens with two attached hydrogens (primary N) is 1. The van der Waals surface area contributed by atoms with E-state index >= 15 is 0 Å². The highest BCUT2D eigenvalue weighted by molar-refractivity contribution is 7.92. The second-order valence-electron chi connectivity index (χ2n) is 10.1. The summed E-state index contributed by atoms with van der Waals surface area (Å²) in [6.45, 7) is 3.89. The van der Waals surface area contributed by atoms with Gasteiger partial charge in [-0.2, -0.15) is 0 Å². The molecule has 0 unspecified atom stereocenters. The van der Waals surface area contributed by atoms with E-state index in [0.29, 0.717) is 42.0 Å². The Morgan fingerprint density at radius 1 is 0.925 bits per heavy atom. The number of nitrogens with one attached hydrogen (secondary N) is 3. The van der Waals surface area contributed by atoms with Gasteiger partial charge in [-0.25, -0.2) is 8.42 Å². The highest BCUT2D eigenvalue weighted by Crippen LogP contribution is 2.17. The van der Waals surface area contributed by atoms with E-state index in [1.807, 2.05) is 44.2 Å². The number of nitrogen functional groups attached to an aromatic ring is 1. The molecule has 3 aromatic rings. The first kappa shape index (κ1) is 30.5. The van der Waals surface area contributed by atoms with Gasteiger partial charge in [-0.3, -0.25) is 14.3 Å². The van der Waals surface area contributed by atoms with Crippen LogP contribution in [0.3, 0.4) is 0 Å². The number of carbonyl (C=O) groups is 2. The Kier molecular flexibility index (Phi) is 11.0. The van der Waals surface area contributed by atoms with Gasteiger partial charge in [0, 0.05) is 23.0 Å². The number of ether oxygens (including phenoxy) is 1. The van der Waals surface area contributed by atoms with E-state index in [9.17, 15) is 18.0 Å². The molecule has 0 heterocycles. The van der Waals surface area contributed by atoms with Crippen molar-refractivity contribution in [2.45, 2.75) is 45.2 Å². The fraction of sp³-hybridized carbons (Fsp3) is 0.333. The van der Waals surface area contributed by atoms with Crippen molar-refractivity contribution < 1.29 is 22.7 Å². The van der Waals surface area contributed by atoms with Gasteiger partial charge in [0.2, 0.25) is 15.9 Å². The average molecular weight is 567 g/mol. The summed E-state index contributed by atoms with van der Waals surface area (Å²) in [7, 11) is -2.30. The van der Waals surface area contributed by atoms with Crippen LogP contribution >= 0.6 is 0 Å². The Balaban J connectivity index is 1.76. The van der Waals surface area contributed by atoms with Crippen molar-refractivity contribution in [1.82, 2.24) is 10.6 Å². The molecule has 0 fully saturated rings. The Hall–Kier alpha value is -4.05. The highest BCUT2D eigenvalue weighted by atomic mass is 32.2. The maximum atomic E-state index is 13.5. The van der Waals surface area contributed by atoms with Crippen LogP contribution in [0.25, 0.3) is 0 Å². The molecule has 10 heteroatoms. The van der Waals surface area contributed by atoms with E-state index in [-0.39, 0.29) is 11.7 Å². The molecule has 0 aliphatic rings. The number of amides is 2. The van der Waals surface area contributed by atoms with Crippen LogP contribution in [-0.4, -0.2) is 45.2 Å². The van der Waals surface area contributed by atoms with Crippen LogP contribution in [0.2, 0.25) is 0 Å². The largest absolute Gasteiger partial charge is 0.497 e. The van der Waals surface area contributed by atoms with Gasteiger partial charge in [0.1, 0.15) is 11.8 Å². The summed E-state index contributed by atoms with van der Waals surface area (Å²) in [5.74, 6) is -0.506. The average Bonchev–Trinajstić information content (AvgIpc) is 2.91. The molecular weight excluding hydrogens is 528 g/mol. The molecule has 0 bridgehead atoms. The molecule has 9 nitrogen and oxygen atoms in total. The Labute approximate surface area is 236 Å². The number of hydrogen-bond donors (Lipinski definition) is 4. The fourth-order valence-corrected chi connectivity index (χ4v) is 5.61. The number of benzene rings is 3. The first-order valence-corrected chi connectivity index (χ1v) is 14.8. The van der Waals surface area contributed by atoms with Gasteiger partial charge < -0.3 is 21.1 Å². The number of aryl methyl sites for hydroxylation is 1. The Morgan fingerprint density at radius 2 is 1.62 bits per heavy atom. The summed E-state index contributed by atoms with van der Waals surface area (Å²) in [5, 5.41) is 5.70. The van der Waals surface area contributed by atoms with Crippen LogP contribution < -0.4 is 25.8 Å². The Morgan fingerprint density at radius 3 is 2.25 bits per heavy atom. The van der Waals surface area contributed by atoms with Gasteiger partial charge in [-0.05, 0) is 73.2 Å². The van der Waals surface area contributed by atoms with Crippen LogP contribution in [-0.2, 0) is 21.2 Å². The van der Waals surface area contributed by atoms with E-state index in [2.05, 4.69) is 15.4 Å². The quantitative estimate of drug-likeness (QED) is 0.218. The number of rotatable bonds is 14. The Bertz CT molecular complexity index is 1360. The summed E-state index contributed by atoms with van der Waals surface area (Å²) in [5.41, 5.74) is 8.01. The molecule has 0 aliphatic heterocycles. The van der Waals surface area contributed by atoms with Crippen molar-refractivity contribution in [3.05, 3.63) is 90.0 Å². The highest BCUT2D eigenvalue weighted by Gasteiger charge is 2.27. The van der Waals surface area contributed by atoms with E-state index < -0.39 is 33.9 Å². The molecule has 0 radical (unpaired) electrons. The number of sulfonamides is 1. The molecule has 0 aromatic heterocycles. The summed E-state index contributed by atoms with van der Waals surface area (Å²) >= 11 is 0. The van der Waals surface area contributed by atoms with Crippen molar-refractivity contribution in [1.29, 1.82) is 0 Å². The molecule has 0 spiro atoms. The van der Waals surface area contributed by atoms with Crippen molar-refractivity contribution in [2.75, 3.05) is 23.3 Å². The van der Waals surface area contributed by atoms with Gasteiger partial charge in [0.05, 0.1) is 12.9 Å². The van der Waals surface area contributed by atoms with E-state index in [0.717, 1.165) is 5.56 Å². The first-order chi connectivity index (χ1) is 19.0. The van der Waals surface area contributed by atoms with E-state index in [1.165, 1.54) is 7.11 Å². The van der Waals surface area contributed by atoms with Crippen LogP contribution in [0.5, 0.6) is 5.75 Å². The lowest BCUT2D eigenvalue weighted by molar-refractivity contribution is -0.124. The third kappa shape index (κ3) is 9.92. The lowest BCUT2D eigenvalue weighted by Gasteiger charge is -2.25. The maximum absolute atomic E-state index is 13.5. The molecule has 2 atom stereocenters. The normalized spacial score (nSPS) is 12.8. The van der Waals surface area contributed by atoms with Crippen LogP contribution in [0.4, 0.5) is 11.4 Å². The monoisotopic (exact) mass is 566 g/mol. The minimum atomic E-state index is -3.83. The van der Waals surface area contributed by atoms with Gasteiger partial charge in [0.15, 0.2) is 0 Å². The standard InChI is InChI=1S/C30H38N4O5S/c1-21(2)18-28(33-29(35)23-10-7-11-24(31)19-23)30(36)32-26(13-12-22-8-5-4-6-9-22)20-40(37,38)34-25-14-16-27(39-3)17-15-25/h4-11,14-17,19,21,26,28,34H,12-13,18,20,31H2,1-3H3,(H,32,36)(H,33,35)/t26-,28-/m0/s1. The zero-order valence-electron chi connectivity index (χ0n) is 23.1. The lowest BCUT2D eigenvalue weighted by Crippen LogP contribution is -2.52. The third-order valence-corrected chi connectivity index (χ3v) is 7.62. The summed E-state index contributed by atoms with van der Waals surface area (Å²) in [6.07, 6.45) is 1.33. The molecule has 3 rings (SSSR count). The molecule has 0 saturated heterocycles. The van der Waals surface area contributed by atoms with Crippen LogP contribution in [0.15, 0.2) is 78.9 Å². The maximum Gasteiger partial charge on any atom is 0.252 e. The van der Waals surface area contributed by atoms with Gasteiger partial charge in [-0.1, -0.05) is 50.2 Å². The predicted octanol–water partition coefficient (Wildman–Crippen LogP) is 3.98.